The van der Waals surface area contributed by atoms with E-state index in [1.165, 1.54) is 0 Å². The lowest BCUT2D eigenvalue weighted by Gasteiger charge is -2.10. The summed E-state index contributed by atoms with van der Waals surface area (Å²) in [4.78, 5) is 0.567. The van der Waals surface area contributed by atoms with Crippen molar-refractivity contribution in [3.05, 3.63) is 0 Å². The standard InChI is InChI=1S/C5H12BrN/c1-4(6)5(2)7-3/h4-5,7H,1-3H3/t4-,5?/m1/s1. The Morgan fingerprint density at radius 1 is 1.43 bits per heavy atom. The minimum Gasteiger partial charge on any atom is -0.316 e. The average molecular weight is 166 g/mol. The van der Waals surface area contributed by atoms with E-state index < -0.39 is 0 Å². The Labute approximate surface area is 53.6 Å². The highest BCUT2D eigenvalue weighted by molar-refractivity contribution is 9.09. The lowest BCUT2D eigenvalue weighted by Crippen LogP contribution is -2.28. The van der Waals surface area contributed by atoms with E-state index in [1.807, 2.05) is 7.05 Å². The molecule has 0 fully saturated rings. The van der Waals surface area contributed by atoms with E-state index in [0.29, 0.717) is 10.9 Å². The van der Waals surface area contributed by atoms with Crippen LogP contribution < -0.4 is 5.32 Å². The van der Waals surface area contributed by atoms with Gasteiger partial charge in [0.25, 0.3) is 0 Å². The highest BCUT2D eigenvalue weighted by Gasteiger charge is 2.02. The first-order chi connectivity index (χ1) is 3.18. The molecule has 0 radical (unpaired) electrons. The van der Waals surface area contributed by atoms with Gasteiger partial charge >= 0.3 is 0 Å². The molecule has 1 N–H and O–H groups in total. The summed E-state index contributed by atoms with van der Waals surface area (Å²) >= 11 is 3.44. The monoisotopic (exact) mass is 165 g/mol. The highest BCUT2D eigenvalue weighted by atomic mass is 79.9. The molecular formula is C5H12BrN. The van der Waals surface area contributed by atoms with E-state index >= 15 is 0 Å². The summed E-state index contributed by atoms with van der Waals surface area (Å²) in [5.41, 5.74) is 0. The highest BCUT2D eigenvalue weighted by Crippen LogP contribution is 2.01. The molecule has 0 spiro atoms. The number of hydrogen-bond donors (Lipinski definition) is 1. The second-order valence-corrected chi connectivity index (χ2v) is 3.20. The van der Waals surface area contributed by atoms with E-state index in [-0.39, 0.29) is 0 Å². The van der Waals surface area contributed by atoms with Crippen molar-refractivity contribution in [2.75, 3.05) is 7.05 Å². The van der Waals surface area contributed by atoms with Gasteiger partial charge in [-0.2, -0.15) is 0 Å². The van der Waals surface area contributed by atoms with Crippen LogP contribution >= 0.6 is 15.9 Å². The largest absolute Gasteiger partial charge is 0.316 e. The fourth-order valence-electron chi connectivity index (χ4n) is 0.230. The summed E-state index contributed by atoms with van der Waals surface area (Å²) < 4.78 is 0. The van der Waals surface area contributed by atoms with E-state index in [0.717, 1.165) is 0 Å². The topological polar surface area (TPSA) is 12.0 Å². The normalized spacial score (nSPS) is 18.9. The van der Waals surface area contributed by atoms with Crippen molar-refractivity contribution in [2.24, 2.45) is 0 Å². The Hall–Kier alpha value is 0.440. The molecule has 0 aromatic heterocycles. The maximum absolute atomic E-state index is 3.44. The van der Waals surface area contributed by atoms with Crippen molar-refractivity contribution in [1.82, 2.24) is 5.32 Å². The smallest absolute Gasteiger partial charge is 0.0268 e. The lowest BCUT2D eigenvalue weighted by atomic mass is 10.3. The molecule has 2 atom stereocenters. The summed E-state index contributed by atoms with van der Waals surface area (Å²) in [6.45, 7) is 4.26. The molecule has 0 amide bonds. The zero-order valence-corrected chi connectivity index (χ0v) is 6.62. The van der Waals surface area contributed by atoms with Gasteiger partial charge in [0, 0.05) is 10.9 Å². The third-order valence-corrected chi connectivity index (χ3v) is 1.94. The summed E-state index contributed by atoms with van der Waals surface area (Å²) in [5, 5.41) is 3.12. The molecule has 0 saturated carbocycles. The second-order valence-electron chi connectivity index (χ2n) is 1.75. The van der Waals surface area contributed by atoms with Crippen LogP contribution in [-0.4, -0.2) is 17.9 Å². The van der Waals surface area contributed by atoms with Crippen LogP contribution in [0.25, 0.3) is 0 Å². The van der Waals surface area contributed by atoms with Crippen LogP contribution in [-0.2, 0) is 0 Å². The molecule has 44 valence electrons. The minimum absolute atomic E-state index is 0.567. The minimum atomic E-state index is 0.567. The Balaban J connectivity index is 3.14. The molecule has 0 rings (SSSR count). The van der Waals surface area contributed by atoms with E-state index in [2.05, 4.69) is 35.1 Å². The first-order valence-electron chi connectivity index (χ1n) is 2.49. The molecule has 1 unspecified atom stereocenters. The number of rotatable bonds is 2. The van der Waals surface area contributed by atoms with Crippen LogP contribution in [0.1, 0.15) is 13.8 Å². The zero-order chi connectivity index (χ0) is 5.86. The van der Waals surface area contributed by atoms with E-state index in [1.54, 1.807) is 0 Å². The predicted octanol–water partition coefficient (Wildman–Crippen LogP) is 1.38. The van der Waals surface area contributed by atoms with Crippen LogP contribution in [0, 0.1) is 0 Å². The summed E-state index contributed by atoms with van der Waals surface area (Å²) in [5.74, 6) is 0. The Kier molecular flexibility index (Phi) is 3.66. The maximum atomic E-state index is 3.44. The van der Waals surface area contributed by atoms with Crippen molar-refractivity contribution >= 4 is 15.9 Å². The second kappa shape index (κ2) is 3.44. The molecule has 0 aliphatic rings. The summed E-state index contributed by atoms with van der Waals surface area (Å²) in [6, 6.07) is 0.569. The molecule has 0 bridgehead atoms. The molecule has 0 heterocycles. The van der Waals surface area contributed by atoms with Gasteiger partial charge in [-0.15, -0.1) is 0 Å². The third-order valence-electron chi connectivity index (χ3n) is 1.14. The van der Waals surface area contributed by atoms with Crippen molar-refractivity contribution in [3.8, 4) is 0 Å². The van der Waals surface area contributed by atoms with Crippen LogP contribution in [0.4, 0.5) is 0 Å². The first kappa shape index (κ1) is 7.44. The molecule has 0 aliphatic heterocycles. The van der Waals surface area contributed by atoms with Gasteiger partial charge in [-0.05, 0) is 14.0 Å². The SMILES string of the molecule is CNC(C)[C@@H](C)Br. The van der Waals surface area contributed by atoms with E-state index in [4.69, 9.17) is 0 Å². The molecule has 2 heteroatoms. The molecule has 1 nitrogen and oxygen atoms in total. The Morgan fingerprint density at radius 2 is 1.86 bits per heavy atom. The number of halogens is 1. The molecular weight excluding hydrogens is 154 g/mol. The third kappa shape index (κ3) is 3.06. The molecule has 0 saturated heterocycles. The van der Waals surface area contributed by atoms with Gasteiger partial charge in [0.1, 0.15) is 0 Å². The van der Waals surface area contributed by atoms with Crippen molar-refractivity contribution in [2.45, 2.75) is 24.7 Å². The molecule has 0 aliphatic carbocycles. The maximum Gasteiger partial charge on any atom is 0.0268 e. The van der Waals surface area contributed by atoms with Crippen LogP contribution in [0.5, 0.6) is 0 Å². The number of nitrogens with one attached hydrogen (secondary N) is 1. The summed E-state index contributed by atoms with van der Waals surface area (Å²) in [7, 11) is 1.96. The predicted molar refractivity (Wildman–Crippen MR) is 36.9 cm³/mol. The van der Waals surface area contributed by atoms with Gasteiger partial charge < -0.3 is 5.32 Å². The van der Waals surface area contributed by atoms with E-state index in [9.17, 15) is 0 Å². The fraction of sp³-hybridized carbons (Fsp3) is 1.00. The van der Waals surface area contributed by atoms with Crippen LogP contribution in [0.15, 0.2) is 0 Å². The zero-order valence-electron chi connectivity index (χ0n) is 5.03. The van der Waals surface area contributed by atoms with Crippen LogP contribution in [0.2, 0.25) is 0 Å². The molecule has 0 aromatic rings. The Morgan fingerprint density at radius 3 is 1.86 bits per heavy atom. The van der Waals surface area contributed by atoms with Gasteiger partial charge in [0.2, 0.25) is 0 Å². The molecule has 7 heavy (non-hydrogen) atoms. The van der Waals surface area contributed by atoms with Gasteiger partial charge in [-0.1, -0.05) is 22.9 Å². The molecule has 0 aromatic carbocycles. The van der Waals surface area contributed by atoms with Crippen molar-refractivity contribution in [1.29, 1.82) is 0 Å². The average Bonchev–Trinajstić information content (AvgIpc) is 1.65. The van der Waals surface area contributed by atoms with Gasteiger partial charge in [-0.25, -0.2) is 0 Å². The van der Waals surface area contributed by atoms with Gasteiger partial charge in [0.15, 0.2) is 0 Å². The van der Waals surface area contributed by atoms with Crippen LogP contribution in [0.3, 0.4) is 0 Å². The quantitative estimate of drug-likeness (QED) is 0.611. The van der Waals surface area contributed by atoms with Gasteiger partial charge in [0.05, 0.1) is 0 Å². The number of alkyl halides is 1. The van der Waals surface area contributed by atoms with Crippen molar-refractivity contribution < 1.29 is 0 Å². The van der Waals surface area contributed by atoms with Crippen molar-refractivity contribution in [3.63, 3.8) is 0 Å². The Bertz CT molecular complexity index is 45.3. The number of hydrogen-bond acceptors (Lipinski definition) is 1. The fourth-order valence-corrected chi connectivity index (χ4v) is 0.494. The lowest BCUT2D eigenvalue weighted by molar-refractivity contribution is 0.611. The first-order valence-corrected chi connectivity index (χ1v) is 3.41. The summed E-state index contributed by atoms with van der Waals surface area (Å²) in [6.07, 6.45) is 0. The van der Waals surface area contributed by atoms with Gasteiger partial charge in [-0.3, -0.25) is 0 Å².